The van der Waals surface area contributed by atoms with Crippen LogP contribution in [0.15, 0.2) is 30.3 Å². The van der Waals surface area contributed by atoms with E-state index in [9.17, 15) is 4.39 Å². The molecule has 1 radical (unpaired) electrons. The third-order valence-electron chi connectivity index (χ3n) is 5.32. The Morgan fingerprint density at radius 3 is 2.89 bits per heavy atom. The van der Waals surface area contributed by atoms with Crippen molar-refractivity contribution in [3.63, 3.8) is 0 Å². The molecule has 1 fully saturated rings. The molecule has 0 aliphatic carbocycles. The number of benzene rings is 2. The Hall–Kier alpha value is -2.34. The zero-order chi connectivity index (χ0) is 19.5. The number of aromatic nitrogens is 1. The van der Waals surface area contributed by atoms with Crippen LogP contribution >= 0.6 is 11.5 Å². The summed E-state index contributed by atoms with van der Waals surface area (Å²) in [5, 5.41) is 4.40. The molecule has 0 saturated carbocycles. The highest BCUT2D eigenvalue weighted by Crippen LogP contribution is 2.39. The Morgan fingerprint density at radius 1 is 1.32 bits per heavy atom. The number of halogens is 1. The van der Waals surface area contributed by atoms with Gasteiger partial charge in [0.1, 0.15) is 11.5 Å². The fourth-order valence-electron chi connectivity index (χ4n) is 3.91. The molecule has 0 unspecified atom stereocenters. The van der Waals surface area contributed by atoms with Gasteiger partial charge in [0, 0.05) is 37.5 Å². The van der Waals surface area contributed by atoms with Gasteiger partial charge in [-0.3, -0.25) is 0 Å². The Balaban J connectivity index is 1.51. The Morgan fingerprint density at radius 2 is 2.14 bits per heavy atom. The minimum atomic E-state index is -0.195. The number of rotatable bonds is 6. The van der Waals surface area contributed by atoms with Crippen molar-refractivity contribution in [2.24, 2.45) is 0 Å². The molecule has 1 saturated heterocycles. The molecule has 0 amide bonds. The maximum absolute atomic E-state index is 13.5. The summed E-state index contributed by atoms with van der Waals surface area (Å²) >= 11 is 1.40. The summed E-state index contributed by atoms with van der Waals surface area (Å²) in [6.45, 7) is 4.70. The number of hydrogen-bond donors (Lipinski definition) is 1. The second-order valence-electron chi connectivity index (χ2n) is 7.14. The predicted octanol–water partition coefficient (Wildman–Crippen LogP) is 5.45. The highest BCUT2D eigenvalue weighted by Gasteiger charge is 2.26. The van der Waals surface area contributed by atoms with Crippen molar-refractivity contribution >= 4 is 33.0 Å². The number of fused-ring (bicyclic) bond motifs is 1. The molecule has 4 rings (SSSR count). The van der Waals surface area contributed by atoms with E-state index in [0.29, 0.717) is 12.5 Å². The summed E-state index contributed by atoms with van der Waals surface area (Å²) in [5.41, 5.74) is 3.29. The van der Waals surface area contributed by atoms with Gasteiger partial charge < -0.3 is 15.0 Å². The van der Waals surface area contributed by atoms with E-state index in [-0.39, 0.29) is 5.82 Å². The van der Waals surface area contributed by atoms with E-state index >= 15 is 0 Å². The van der Waals surface area contributed by atoms with Gasteiger partial charge in [0.15, 0.2) is 5.75 Å². The van der Waals surface area contributed by atoms with Gasteiger partial charge in [0.05, 0.1) is 22.7 Å². The summed E-state index contributed by atoms with van der Waals surface area (Å²) in [7, 11) is 1.93. The zero-order valence-electron chi connectivity index (χ0n) is 16.3. The van der Waals surface area contributed by atoms with Gasteiger partial charge in [0.25, 0.3) is 0 Å². The van der Waals surface area contributed by atoms with Gasteiger partial charge in [0.2, 0.25) is 0 Å². The molecule has 1 aromatic heterocycles. The molecule has 3 aromatic rings. The molecule has 6 heteroatoms. The minimum absolute atomic E-state index is 0.195. The molecule has 0 atom stereocenters. The fourth-order valence-corrected chi connectivity index (χ4v) is 4.79. The van der Waals surface area contributed by atoms with Crippen LogP contribution in [0.4, 0.5) is 15.8 Å². The van der Waals surface area contributed by atoms with Gasteiger partial charge in [-0.25, -0.2) is 4.39 Å². The Bertz CT molecular complexity index is 950. The zero-order valence-corrected chi connectivity index (χ0v) is 17.1. The number of ether oxygens (including phenoxy) is 1. The van der Waals surface area contributed by atoms with Crippen LogP contribution in [0.25, 0.3) is 10.1 Å². The number of anilines is 2. The maximum atomic E-state index is 13.5. The van der Waals surface area contributed by atoms with E-state index in [2.05, 4.69) is 33.6 Å². The molecule has 28 heavy (non-hydrogen) atoms. The normalized spacial score (nSPS) is 15.2. The molecule has 1 aliphatic heterocycles. The summed E-state index contributed by atoms with van der Waals surface area (Å²) in [4.78, 5) is 2.41. The first-order chi connectivity index (χ1) is 13.7. The molecule has 1 N–H and O–H groups in total. The second-order valence-corrected chi connectivity index (χ2v) is 7.94. The van der Waals surface area contributed by atoms with Gasteiger partial charge in [-0.2, -0.15) is 4.37 Å². The lowest BCUT2D eigenvalue weighted by atomic mass is 9.91. The summed E-state index contributed by atoms with van der Waals surface area (Å²) in [6, 6.07) is 12.2. The van der Waals surface area contributed by atoms with E-state index in [1.807, 2.05) is 19.2 Å². The Labute approximate surface area is 169 Å². The largest absolute Gasteiger partial charge is 0.491 e. The van der Waals surface area contributed by atoms with Crippen molar-refractivity contribution in [1.29, 1.82) is 0 Å². The van der Waals surface area contributed by atoms with Crippen LogP contribution in [0.3, 0.4) is 0 Å². The second kappa shape index (κ2) is 8.35. The quantitative estimate of drug-likeness (QED) is 0.599. The molecule has 1 aliphatic rings. The highest BCUT2D eigenvalue weighted by molar-refractivity contribution is 7.13. The molecule has 2 aromatic carbocycles. The monoisotopic (exact) mass is 398 g/mol. The standard InChI is InChI=1S/C22H25FN3OS/c1-3-13-27-19-6-4-5-18(22(19)24-2)26-11-9-15(10-12-26)21-17-8-7-16(23)14-20(17)28-25-21/h4-5,7-8,14-15,24H,3,9-13H2,1-2H3. The van der Waals surface area contributed by atoms with Crippen molar-refractivity contribution in [3.8, 4) is 5.75 Å². The van der Waals surface area contributed by atoms with E-state index in [0.717, 1.165) is 65.3 Å². The van der Waals surface area contributed by atoms with Crippen LogP contribution in [0.5, 0.6) is 5.75 Å². The van der Waals surface area contributed by atoms with Crippen molar-refractivity contribution in [1.82, 2.24) is 4.37 Å². The minimum Gasteiger partial charge on any atom is -0.491 e. The van der Waals surface area contributed by atoms with Crippen molar-refractivity contribution < 1.29 is 9.13 Å². The van der Waals surface area contributed by atoms with Crippen LogP contribution in [0, 0.1) is 11.9 Å². The van der Waals surface area contributed by atoms with E-state index in [4.69, 9.17) is 4.74 Å². The van der Waals surface area contributed by atoms with Gasteiger partial charge >= 0.3 is 0 Å². The number of piperidine rings is 1. The maximum Gasteiger partial charge on any atom is 0.152 e. The molecule has 2 heterocycles. The SMILES string of the molecule is CCCOc1[c]ccc(N2CCC(c3nsc4cc(F)ccc34)CC2)c1NC. The smallest absolute Gasteiger partial charge is 0.152 e. The number of nitrogens with zero attached hydrogens (tertiary/aromatic N) is 2. The lowest BCUT2D eigenvalue weighted by Gasteiger charge is -2.34. The first-order valence-corrected chi connectivity index (χ1v) is 10.6. The Kier molecular flexibility index (Phi) is 5.67. The van der Waals surface area contributed by atoms with Crippen LogP contribution in [-0.2, 0) is 0 Å². The van der Waals surface area contributed by atoms with Crippen molar-refractivity contribution in [2.75, 3.05) is 37.0 Å². The molecule has 147 valence electrons. The average Bonchev–Trinajstić information content (AvgIpc) is 3.15. The lowest BCUT2D eigenvalue weighted by molar-refractivity contribution is 0.318. The van der Waals surface area contributed by atoms with Gasteiger partial charge in [-0.1, -0.05) is 6.92 Å². The van der Waals surface area contributed by atoms with Crippen LogP contribution in [0.2, 0.25) is 0 Å². The van der Waals surface area contributed by atoms with Crippen LogP contribution in [0.1, 0.15) is 37.8 Å². The predicted molar refractivity (Wildman–Crippen MR) is 114 cm³/mol. The third kappa shape index (κ3) is 3.65. The lowest BCUT2D eigenvalue weighted by Crippen LogP contribution is -2.33. The topological polar surface area (TPSA) is 37.4 Å². The summed E-state index contributed by atoms with van der Waals surface area (Å²) in [6.07, 6.45) is 3.03. The first kappa shape index (κ1) is 19.0. The van der Waals surface area contributed by atoms with E-state index in [1.165, 1.54) is 17.6 Å². The summed E-state index contributed by atoms with van der Waals surface area (Å²) in [5.74, 6) is 1.01. The van der Waals surface area contributed by atoms with Gasteiger partial charge in [-0.05, 0) is 61.1 Å². The van der Waals surface area contributed by atoms with Crippen molar-refractivity contribution in [2.45, 2.75) is 32.1 Å². The van der Waals surface area contributed by atoms with Crippen LogP contribution in [-0.4, -0.2) is 31.1 Å². The molecular formula is C22H25FN3OS. The molecule has 0 spiro atoms. The van der Waals surface area contributed by atoms with E-state index in [1.54, 1.807) is 6.07 Å². The number of nitrogens with one attached hydrogen (secondary N) is 1. The summed E-state index contributed by atoms with van der Waals surface area (Å²) < 4.78 is 24.9. The molecular weight excluding hydrogens is 373 g/mol. The fraction of sp³-hybridized carbons (Fsp3) is 0.409. The first-order valence-electron chi connectivity index (χ1n) is 9.86. The molecule has 0 bridgehead atoms. The average molecular weight is 399 g/mol. The van der Waals surface area contributed by atoms with Crippen LogP contribution < -0.4 is 15.0 Å². The van der Waals surface area contributed by atoms with Gasteiger partial charge in [-0.15, -0.1) is 0 Å². The molecule has 4 nitrogen and oxygen atoms in total. The van der Waals surface area contributed by atoms with Crippen molar-refractivity contribution in [3.05, 3.63) is 47.9 Å². The highest BCUT2D eigenvalue weighted by atomic mass is 32.1. The third-order valence-corrected chi connectivity index (χ3v) is 6.15. The van der Waals surface area contributed by atoms with E-state index < -0.39 is 0 Å². The number of hydrogen-bond acceptors (Lipinski definition) is 5.